The highest BCUT2D eigenvalue weighted by molar-refractivity contribution is 6.29. The van der Waals surface area contributed by atoms with Gasteiger partial charge in [-0.25, -0.2) is 9.37 Å². The molecule has 102 valence electrons. The summed E-state index contributed by atoms with van der Waals surface area (Å²) in [6.45, 7) is 0.704. The van der Waals surface area contributed by atoms with Gasteiger partial charge in [-0.1, -0.05) is 23.7 Å². The maximum atomic E-state index is 13.8. The fourth-order valence-corrected chi connectivity index (χ4v) is 1.89. The Bertz CT molecular complexity index is 571. The molecule has 2 aromatic rings. The standard InChI is InChI=1S/C13H15ClFN3O/c1-16-6-9-4-3-5-10(15)13(9)19-8-12-17-7-11(14)18(12)2/h3-5,7,16H,6,8H2,1-2H3. The van der Waals surface area contributed by atoms with E-state index in [0.717, 1.165) is 5.56 Å². The topological polar surface area (TPSA) is 39.1 Å². The summed E-state index contributed by atoms with van der Waals surface area (Å²) < 4.78 is 21.0. The van der Waals surface area contributed by atoms with Gasteiger partial charge in [-0.15, -0.1) is 0 Å². The van der Waals surface area contributed by atoms with E-state index in [0.29, 0.717) is 17.5 Å². The number of rotatable bonds is 5. The summed E-state index contributed by atoms with van der Waals surface area (Å²) in [7, 11) is 3.58. The van der Waals surface area contributed by atoms with Gasteiger partial charge in [0.25, 0.3) is 0 Å². The Hall–Kier alpha value is -1.59. The van der Waals surface area contributed by atoms with Crippen molar-refractivity contribution in [2.75, 3.05) is 7.05 Å². The van der Waals surface area contributed by atoms with Gasteiger partial charge in [-0.2, -0.15) is 0 Å². The molecule has 0 fully saturated rings. The first-order valence-corrected chi connectivity index (χ1v) is 6.22. The molecule has 1 heterocycles. The zero-order valence-electron chi connectivity index (χ0n) is 10.8. The number of para-hydroxylation sites is 1. The molecular weight excluding hydrogens is 269 g/mol. The first kappa shape index (κ1) is 13.8. The Kier molecular flexibility index (Phi) is 4.39. The quantitative estimate of drug-likeness (QED) is 0.916. The number of nitrogens with zero attached hydrogens (tertiary/aromatic N) is 2. The van der Waals surface area contributed by atoms with Crippen LogP contribution in [0.2, 0.25) is 5.15 Å². The smallest absolute Gasteiger partial charge is 0.165 e. The molecule has 6 heteroatoms. The zero-order valence-corrected chi connectivity index (χ0v) is 11.5. The molecule has 0 aliphatic rings. The minimum atomic E-state index is -0.381. The third-order valence-electron chi connectivity index (χ3n) is 2.79. The summed E-state index contributed by atoms with van der Waals surface area (Å²) in [4.78, 5) is 4.10. The number of benzene rings is 1. The van der Waals surface area contributed by atoms with Gasteiger partial charge in [0.15, 0.2) is 11.6 Å². The Morgan fingerprint density at radius 2 is 2.26 bits per heavy atom. The van der Waals surface area contributed by atoms with Crippen LogP contribution in [0.15, 0.2) is 24.4 Å². The lowest BCUT2D eigenvalue weighted by Crippen LogP contribution is -2.10. The second-order valence-corrected chi connectivity index (χ2v) is 4.49. The van der Waals surface area contributed by atoms with Crippen LogP contribution in [0, 0.1) is 5.82 Å². The van der Waals surface area contributed by atoms with Crippen LogP contribution in [0.5, 0.6) is 5.75 Å². The van der Waals surface area contributed by atoms with Crippen molar-refractivity contribution in [1.82, 2.24) is 14.9 Å². The second-order valence-electron chi connectivity index (χ2n) is 4.10. The van der Waals surface area contributed by atoms with E-state index >= 15 is 0 Å². The van der Waals surface area contributed by atoms with Crippen LogP contribution in [-0.2, 0) is 20.2 Å². The summed E-state index contributed by atoms with van der Waals surface area (Å²) in [5.41, 5.74) is 0.766. The maximum absolute atomic E-state index is 13.8. The van der Waals surface area contributed by atoms with Gasteiger partial charge in [0.2, 0.25) is 0 Å². The highest BCUT2D eigenvalue weighted by Gasteiger charge is 2.11. The third-order valence-corrected chi connectivity index (χ3v) is 3.14. The summed E-state index contributed by atoms with van der Waals surface area (Å²) in [6, 6.07) is 4.85. The molecule has 1 aromatic carbocycles. The van der Waals surface area contributed by atoms with Crippen molar-refractivity contribution in [3.8, 4) is 5.75 Å². The van der Waals surface area contributed by atoms with Crippen molar-refractivity contribution < 1.29 is 9.13 Å². The van der Waals surface area contributed by atoms with Gasteiger partial charge in [0, 0.05) is 19.2 Å². The number of hydrogen-bond acceptors (Lipinski definition) is 3. The van der Waals surface area contributed by atoms with E-state index in [9.17, 15) is 4.39 Å². The van der Waals surface area contributed by atoms with Crippen LogP contribution in [-0.4, -0.2) is 16.6 Å². The fourth-order valence-electron chi connectivity index (χ4n) is 1.74. The van der Waals surface area contributed by atoms with Crippen molar-refractivity contribution >= 4 is 11.6 Å². The predicted molar refractivity (Wildman–Crippen MR) is 71.7 cm³/mol. The van der Waals surface area contributed by atoms with Crippen molar-refractivity contribution in [2.24, 2.45) is 7.05 Å². The molecule has 1 aromatic heterocycles. The van der Waals surface area contributed by atoms with Crippen LogP contribution < -0.4 is 10.1 Å². The number of nitrogens with one attached hydrogen (secondary N) is 1. The molecule has 1 N–H and O–H groups in total. The zero-order chi connectivity index (χ0) is 13.8. The van der Waals surface area contributed by atoms with E-state index in [4.69, 9.17) is 16.3 Å². The highest BCUT2D eigenvalue weighted by atomic mass is 35.5. The van der Waals surface area contributed by atoms with E-state index < -0.39 is 0 Å². The lowest BCUT2D eigenvalue weighted by atomic mass is 10.2. The monoisotopic (exact) mass is 283 g/mol. The molecule has 0 unspecified atom stereocenters. The van der Waals surface area contributed by atoms with Gasteiger partial charge in [-0.05, 0) is 13.1 Å². The predicted octanol–water partition coefficient (Wildman–Crippen LogP) is 2.51. The second kappa shape index (κ2) is 6.04. The molecular formula is C13H15ClFN3O. The minimum Gasteiger partial charge on any atom is -0.482 e. The molecule has 0 spiro atoms. The van der Waals surface area contributed by atoms with Crippen molar-refractivity contribution in [3.63, 3.8) is 0 Å². The molecule has 0 saturated heterocycles. The first-order chi connectivity index (χ1) is 9.13. The average molecular weight is 284 g/mol. The van der Waals surface area contributed by atoms with E-state index in [-0.39, 0.29) is 18.2 Å². The van der Waals surface area contributed by atoms with Gasteiger partial charge >= 0.3 is 0 Å². The van der Waals surface area contributed by atoms with E-state index in [1.165, 1.54) is 12.3 Å². The summed E-state index contributed by atoms with van der Waals surface area (Å²) in [5, 5.41) is 3.49. The van der Waals surface area contributed by atoms with Crippen LogP contribution in [0.1, 0.15) is 11.4 Å². The van der Waals surface area contributed by atoms with Crippen molar-refractivity contribution in [3.05, 3.63) is 46.8 Å². The molecule has 19 heavy (non-hydrogen) atoms. The minimum absolute atomic E-state index is 0.168. The largest absolute Gasteiger partial charge is 0.482 e. The molecule has 0 radical (unpaired) electrons. The van der Waals surface area contributed by atoms with Crippen LogP contribution >= 0.6 is 11.6 Å². The number of halogens is 2. The molecule has 0 amide bonds. The number of imidazole rings is 1. The molecule has 2 rings (SSSR count). The van der Waals surface area contributed by atoms with Gasteiger partial charge in [0.05, 0.1) is 6.20 Å². The first-order valence-electron chi connectivity index (χ1n) is 5.84. The lowest BCUT2D eigenvalue weighted by Gasteiger charge is -2.12. The molecule has 0 aliphatic carbocycles. The molecule has 0 atom stereocenters. The molecule has 4 nitrogen and oxygen atoms in total. The normalized spacial score (nSPS) is 10.7. The fraction of sp³-hybridized carbons (Fsp3) is 0.308. The summed E-state index contributed by atoms with van der Waals surface area (Å²) in [6.07, 6.45) is 1.54. The lowest BCUT2D eigenvalue weighted by molar-refractivity contribution is 0.274. The third kappa shape index (κ3) is 3.05. The summed E-state index contributed by atoms with van der Waals surface area (Å²) in [5.74, 6) is 0.507. The van der Waals surface area contributed by atoms with E-state index in [2.05, 4.69) is 10.3 Å². The van der Waals surface area contributed by atoms with E-state index in [1.54, 1.807) is 24.7 Å². The Morgan fingerprint density at radius 3 is 2.89 bits per heavy atom. The molecule has 0 saturated carbocycles. The van der Waals surface area contributed by atoms with Gasteiger partial charge < -0.3 is 14.6 Å². The van der Waals surface area contributed by atoms with Gasteiger partial charge in [-0.3, -0.25) is 0 Å². The van der Waals surface area contributed by atoms with Crippen molar-refractivity contribution in [2.45, 2.75) is 13.2 Å². The Balaban J connectivity index is 2.17. The number of ether oxygens (including phenoxy) is 1. The molecule has 0 aliphatic heterocycles. The van der Waals surface area contributed by atoms with Gasteiger partial charge in [0.1, 0.15) is 17.6 Å². The SMILES string of the molecule is CNCc1cccc(F)c1OCc1ncc(Cl)n1C. The molecule has 0 bridgehead atoms. The number of aromatic nitrogens is 2. The maximum Gasteiger partial charge on any atom is 0.165 e. The van der Waals surface area contributed by atoms with E-state index in [1.807, 2.05) is 6.07 Å². The Labute approximate surface area is 116 Å². The summed E-state index contributed by atoms with van der Waals surface area (Å²) >= 11 is 5.88. The van der Waals surface area contributed by atoms with Crippen LogP contribution in [0.3, 0.4) is 0 Å². The average Bonchev–Trinajstić information content (AvgIpc) is 2.70. The van der Waals surface area contributed by atoms with Crippen molar-refractivity contribution in [1.29, 1.82) is 0 Å². The van der Waals surface area contributed by atoms with Crippen LogP contribution in [0.4, 0.5) is 4.39 Å². The van der Waals surface area contributed by atoms with Crippen LogP contribution in [0.25, 0.3) is 0 Å². The Morgan fingerprint density at radius 1 is 1.47 bits per heavy atom. The number of hydrogen-bond donors (Lipinski definition) is 1. The highest BCUT2D eigenvalue weighted by Crippen LogP contribution is 2.23.